The van der Waals surface area contributed by atoms with Gasteiger partial charge in [0.15, 0.2) is 0 Å². The summed E-state index contributed by atoms with van der Waals surface area (Å²) in [5, 5.41) is 0. The van der Waals surface area contributed by atoms with E-state index < -0.39 is 0 Å². The maximum atomic E-state index is 4.08. The number of hydrogen-bond acceptors (Lipinski definition) is 1. The summed E-state index contributed by atoms with van der Waals surface area (Å²) in [6.07, 6.45) is 6.93. The van der Waals surface area contributed by atoms with Gasteiger partial charge in [0.05, 0.1) is 6.33 Å². The Bertz CT molecular complexity index is 226. The minimum atomic E-state index is 0.219. The Balaban J connectivity index is 2.96. The lowest BCUT2D eigenvalue weighted by atomic mass is 9.86. The third-order valence-corrected chi connectivity index (χ3v) is 3.05. The lowest BCUT2D eigenvalue weighted by Gasteiger charge is -2.34. The monoisotopic (exact) mass is 166 g/mol. The van der Waals surface area contributed by atoms with Gasteiger partial charge in [0.1, 0.15) is 0 Å². The van der Waals surface area contributed by atoms with Crippen LogP contribution in [0.2, 0.25) is 0 Å². The van der Waals surface area contributed by atoms with Gasteiger partial charge in [-0.1, -0.05) is 20.8 Å². The van der Waals surface area contributed by atoms with Gasteiger partial charge in [0, 0.05) is 17.9 Å². The molecule has 68 valence electrons. The Labute approximate surface area is 74.6 Å². The first-order chi connectivity index (χ1) is 5.61. The summed E-state index contributed by atoms with van der Waals surface area (Å²) in [6.45, 7) is 9.01. The van der Waals surface area contributed by atoms with Crippen LogP contribution in [-0.2, 0) is 5.54 Å². The van der Waals surface area contributed by atoms with Gasteiger partial charge in [-0.05, 0) is 19.3 Å². The van der Waals surface area contributed by atoms with Gasteiger partial charge in [-0.15, -0.1) is 0 Å². The highest BCUT2D eigenvalue weighted by Crippen LogP contribution is 2.28. The van der Waals surface area contributed by atoms with Crippen molar-refractivity contribution < 1.29 is 0 Å². The molecule has 0 saturated carbocycles. The Kier molecular flexibility index (Phi) is 2.55. The van der Waals surface area contributed by atoms with Gasteiger partial charge in [-0.2, -0.15) is 0 Å². The second kappa shape index (κ2) is 3.30. The molecular formula is C10H18N2. The van der Waals surface area contributed by atoms with Crippen LogP contribution in [0.25, 0.3) is 0 Å². The quantitative estimate of drug-likeness (QED) is 0.675. The fraction of sp³-hybridized carbons (Fsp3) is 0.700. The van der Waals surface area contributed by atoms with Crippen LogP contribution in [0.1, 0.15) is 34.1 Å². The van der Waals surface area contributed by atoms with E-state index in [1.54, 1.807) is 0 Å². The number of imidazole rings is 1. The zero-order chi connectivity index (χ0) is 9.19. The standard InChI is InChI=1S/C10H18N2/c1-5-10(4,9(2)3)12-7-6-11-8-12/h6-9H,5H2,1-4H3. The van der Waals surface area contributed by atoms with E-state index in [1.165, 1.54) is 0 Å². The van der Waals surface area contributed by atoms with Gasteiger partial charge in [0.2, 0.25) is 0 Å². The van der Waals surface area contributed by atoms with Crippen molar-refractivity contribution in [1.29, 1.82) is 0 Å². The van der Waals surface area contributed by atoms with Crippen molar-refractivity contribution in [2.75, 3.05) is 0 Å². The molecule has 0 aromatic carbocycles. The second-order valence-electron chi connectivity index (χ2n) is 3.84. The predicted molar refractivity (Wildman–Crippen MR) is 51.0 cm³/mol. The van der Waals surface area contributed by atoms with Crippen LogP contribution in [0.3, 0.4) is 0 Å². The van der Waals surface area contributed by atoms with Crippen LogP contribution in [0, 0.1) is 5.92 Å². The third kappa shape index (κ3) is 1.38. The Morgan fingerprint density at radius 1 is 1.50 bits per heavy atom. The van der Waals surface area contributed by atoms with E-state index in [0.29, 0.717) is 5.92 Å². The molecule has 0 aliphatic heterocycles. The summed E-state index contributed by atoms with van der Waals surface area (Å²) in [5.74, 6) is 0.636. The molecule has 12 heavy (non-hydrogen) atoms. The van der Waals surface area contributed by atoms with Gasteiger partial charge >= 0.3 is 0 Å². The molecule has 0 fully saturated rings. The zero-order valence-electron chi connectivity index (χ0n) is 8.41. The molecule has 1 rings (SSSR count). The summed E-state index contributed by atoms with van der Waals surface area (Å²) >= 11 is 0. The first-order valence-corrected chi connectivity index (χ1v) is 4.59. The van der Waals surface area contributed by atoms with Crippen molar-refractivity contribution in [3.63, 3.8) is 0 Å². The minimum absolute atomic E-state index is 0.219. The predicted octanol–water partition coefficient (Wildman–Crippen LogP) is 2.66. The summed E-state index contributed by atoms with van der Waals surface area (Å²) < 4.78 is 2.21. The van der Waals surface area contributed by atoms with Crippen LogP contribution in [0.15, 0.2) is 18.7 Å². The fourth-order valence-electron chi connectivity index (χ4n) is 1.45. The average Bonchev–Trinajstić information content (AvgIpc) is 2.54. The van der Waals surface area contributed by atoms with Crippen molar-refractivity contribution in [2.24, 2.45) is 5.92 Å². The van der Waals surface area contributed by atoms with Crippen molar-refractivity contribution in [1.82, 2.24) is 9.55 Å². The molecule has 0 bridgehead atoms. The molecular weight excluding hydrogens is 148 g/mol. The summed E-state index contributed by atoms with van der Waals surface area (Å²) in [4.78, 5) is 4.08. The van der Waals surface area contributed by atoms with Gasteiger partial charge in [-0.25, -0.2) is 4.98 Å². The molecule has 0 spiro atoms. The topological polar surface area (TPSA) is 17.8 Å². The molecule has 2 nitrogen and oxygen atoms in total. The molecule has 0 aliphatic rings. The highest BCUT2D eigenvalue weighted by Gasteiger charge is 2.27. The van der Waals surface area contributed by atoms with Crippen LogP contribution >= 0.6 is 0 Å². The van der Waals surface area contributed by atoms with Crippen molar-refractivity contribution in [3.8, 4) is 0 Å². The van der Waals surface area contributed by atoms with Crippen LogP contribution in [0.4, 0.5) is 0 Å². The zero-order valence-corrected chi connectivity index (χ0v) is 8.41. The Morgan fingerprint density at radius 3 is 2.50 bits per heavy atom. The molecule has 0 aliphatic carbocycles. The van der Waals surface area contributed by atoms with Crippen molar-refractivity contribution >= 4 is 0 Å². The first-order valence-electron chi connectivity index (χ1n) is 4.59. The lowest BCUT2D eigenvalue weighted by molar-refractivity contribution is 0.211. The van der Waals surface area contributed by atoms with E-state index in [1.807, 2.05) is 18.7 Å². The maximum Gasteiger partial charge on any atom is 0.0951 e. The van der Waals surface area contributed by atoms with Gasteiger partial charge < -0.3 is 4.57 Å². The minimum Gasteiger partial charge on any atom is -0.331 e. The second-order valence-corrected chi connectivity index (χ2v) is 3.84. The van der Waals surface area contributed by atoms with Crippen LogP contribution in [-0.4, -0.2) is 9.55 Å². The molecule has 1 aromatic rings. The maximum absolute atomic E-state index is 4.08. The Hall–Kier alpha value is -0.790. The summed E-state index contributed by atoms with van der Waals surface area (Å²) in [5.41, 5.74) is 0.219. The van der Waals surface area contributed by atoms with E-state index in [2.05, 4.69) is 37.2 Å². The molecule has 2 heteroatoms. The van der Waals surface area contributed by atoms with Crippen LogP contribution < -0.4 is 0 Å². The van der Waals surface area contributed by atoms with E-state index in [9.17, 15) is 0 Å². The first kappa shape index (κ1) is 9.30. The van der Waals surface area contributed by atoms with E-state index in [-0.39, 0.29) is 5.54 Å². The molecule has 0 radical (unpaired) electrons. The van der Waals surface area contributed by atoms with Gasteiger partial charge in [0.25, 0.3) is 0 Å². The Morgan fingerprint density at radius 2 is 2.17 bits per heavy atom. The molecule has 1 unspecified atom stereocenters. The lowest BCUT2D eigenvalue weighted by Crippen LogP contribution is -2.33. The molecule has 0 amide bonds. The molecule has 1 heterocycles. The molecule has 1 atom stereocenters. The fourth-order valence-corrected chi connectivity index (χ4v) is 1.45. The SMILES string of the molecule is CCC(C)(C(C)C)n1ccnc1. The highest BCUT2D eigenvalue weighted by atomic mass is 15.1. The third-order valence-electron chi connectivity index (χ3n) is 3.05. The number of aromatic nitrogens is 2. The highest BCUT2D eigenvalue weighted by molar-refractivity contribution is 4.90. The van der Waals surface area contributed by atoms with Crippen molar-refractivity contribution in [3.05, 3.63) is 18.7 Å². The molecule has 0 saturated heterocycles. The molecule has 0 N–H and O–H groups in total. The number of nitrogens with zero attached hydrogens (tertiary/aromatic N) is 2. The van der Waals surface area contributed by atoms with E-state index in [0.717, 1.165) is 6.42 Å². The van der Waals surface area contributed by atoms with Crippen molar-refractivity contribution in [2.45, 2.75) is 39.7 Å². The summed E-state index contributed by atoms with van der Waals surface area (Å²) in [7, 11) is 0. The van der Waals surface area contributed by atoms with Crippen LogP contribution in [0.5, 0.6) is 0 Å². The normalized spacial score (nSPS) is 16.4. The smallest absolute Gasteiger partial charge is 0.0951 e. The number of rotatable bonds is 3. The van der Waals surface area contributed by atoms with E-state index >= 15 is 0 Å². The number of hydrogen-bond donors (Lipinski definition) is 0. The summed E-state index contributed by atoms with van der Waals surface area (Å²) in [6, 6.07) is 0. The van der Waals surface area contributed by atoms with Gasteiger partial charge in [-0.3, -0.25) is 0 Å². The molecule has 1 aromatic heterocycles. The van der Waals surface area contributed by atoms with E-state index in [4.69, 9.17) is 0 Å². The largest absolute Gasteiger partial charge is 0.331 e. The average molecular weight is 166 g/mol.